The number of rotatable bonds is 4. The van der Waals surface area contributed by atoms with Gasteiger partial charge < -0.3 is 10.4 Å². The molecule has 0 saturated heterocycles. The van der Waals surface area contributed by atoms with Gasteiger partial charge in [0.15, 0.2) is 0 Å². The lowest BCUT2D eigenvalue weighted by molar-refractivity contribution is -0.144. The molecular formula is C23H25NO3. The number of benzene rings is 2. The predicted octanol–water partition coefficient (Wildman–Crippen LogP) is 4.35. The van der Waals surface area contributed by atoms with Crippen molar-refractivity contribution < 1.29 is 14.7 Å². The molecule has 27 heavy (non-hydrogen) atoms. The first kappa shape index (κ1) is 17.8. The Bertz CT molecular complexity index is 838. The van der Waals surface area contributed by atoms with E-state index in [9.17, 15) is 9.59 Å². The monoisotopic (exact) mass is 363 g/mol. The van der Waals surface area contributed by atoms with Gasteiger partial charge in [-0.2, -0.15) is 0 Å². The van der Waals surface area contributed by atoms with Crippen LogP contribution in [0.15, 0.2) is 48.5 Å². The van der Waals surface area contributed by atoms with Crippen molar-refractivity contribution in [3.05, 3.63) is 59.7 Å². The first-order chi connectivity index (χ1) is 13.1. The molecule has 1 saturated carbocycles. The highest BCUT2D eigenvalue weighted by atomic mass is 16.4. The summed E-state index contributed by atoms with van der Waals surface area (Å²) in [5.74, 6) is -0.981. The second kappa shape index (κ2) is 7.55. The summed E-state index contributed by atoms with van der Waals surface area (Å²) in [4.78, 5) is 23.8. The number of fused-ring (bicyclic) bond motifs is 1. The van der Waals surface area contributed by atoms with Crippen LogP contribution in [0.25, 0.3) is 11.1 Å². The fourth-order valence-corrected chi connectivity index (χ4v) is 4.45. The van der Waals surface area contributed by atoms with Crippen molar-refractivity contribution in [2.45, 2.75) is 44.6 Å². The fourth-order valence-electron chi connectivity index (χ4n) is 4.45. The van der Waals surface area contributed by atoms with Gasteiger partial charge in [-0.3, -0.25) is 9.59 Å². The predicted molar refractivity (Wildman–Crippen MR) is 104 cm³/mol. The molecule has 2 N–H and O–H groups in total. The molecule has 0 aliphatic heterocycles. The van der Waals surface area contributed by atoms with E-state index in [0.717, 1.165) is 12.8 Å². The zero-order chi connectivity index (χ0) is 18.8. The molecule has 2 aromatic carbocycles. The molecule has 0 aromatic heterocycles. The summed E-state index contributed by atoms with van der Waals surface area (Å²) in [6.07, 6.45) is 4.48. The maximum Gasteiger partial charge on any atom is 0.306 e. The van der Waals surface area contributed by atoms with Crippen LogP contribution in [-0.2, 0) is 16.0 Å². The Morgan fingerprint density at radius 3 is 2.26 bits per heavy atom. The van der Waals surface area contributed by atoms with Crippen molar-refractivity contribution in [1.29, 1.82) is 0 Å². The quantitative estimate of drug-likeness (QED) is 0.849. The summed E-state index contributed by atoms with van der Waals surface area (Å²) in [7, 11) is 0. The molecule has 0 radical (unpaired) electrons. The Balaban J connectivity index is 1.45. The largest absolute Gasteiger partial charge is 0.481 e. The molecule has 140 valence electrons. The summed E-state index contributed by atoms with van der Waals surface area (Å²) < 4.78 is 0. The fraction of sp³-hybridized carbons (Fsp3) is 0.391. The first-order valence-electron chi connectivity index (χ1n) is 9.83. The van der Waals surface area contributed by atoms with Gasteiger partial charge in [-0.05, 0) is 66.8 Å². The van der Waals surface area contributed by atoms with Crippen molar-refractivity contribution in [1.82, 2.24) is 5.32 Å². The van der Waals surface area contributed by atoms with Crippen LogP contribution in [-0.4, -0.2) is 17.0 Å². The molecule has 1 fully saturated rings. The summed E-state index contributed by atoms with van der Waals surface area (Å²) in [6.45, 7) is 0. The minimum atomic E-state index is -0.730. The molecule has 1 atom stereocenters. The van der Waals surface area contributed by atoms with Crippen LogP contribution >= 0.6 is 0 Å². The van der Waals surface area contributed by atoms with E-state index in [1.54, 1.807) is 0 Å². The van der Waals surface area contributed by atoms with Gasteiger partial charge in [-0.15, -0.1) is 0 Å². The van der Waals surface area contributed by atoms with E-state index in [-0.39, 0.29) is 23.8 Å². The van der Waals surface area contributed by atoms with E-state index in [0.29, 0.717) is 25.7 Å². The van der Waals surface area contributed by atoms with Crippen LogP contribution in [0.5, 0.6) is 0 Å². The minimum absolute atomic E-state index is 0.0537. The van der Waals surface area contributed by atoms with E-state index >= 15 is 0 Å². The van der Waals surface area contributed by atoms with Gasteiger partial charge >= 0.3 is 5.97 Å². The highest BCUT2D eigenvalue weighted by Gasteiger charge is 2.32. The number of carbonyl (C=O) groups excluding carboxylic acids is 1. The van der Waals surface area contributed by atoms with Gasteiger partial charge in [-0.25, -0.2) is 0 Å². The highest BCUT2D eigenvalue weighted by molar-refractivity contribution is 5.80. The molecule has 2 aliphatic rings. The molecule has 4 nitrogen and oxygen atoms in total. The Morgan fingerprint density at radius 1 is 0.852 bits per heavy atom. The van der Waals surface area contributed by atoms with Gasteiger partial charge in [0.05, 0.1) is 12.0 Å². The van der Waals surface area contributed by atoms with E-state index in [1.807, 2.05) is 18.2 Å². The Kier molecular flexibility index (Phi) is 4.97. The lowest BCUT2D eigenvalue weighted by Gasteiger charge is -2.26. The van der Waals surface area contributed by atoms with Crippen LogP contribution in [0, 0.1) is 11.8 Å². The number of aliphatic carboxylic acids is 1. The molecule has 0 bridgehead atoms. The molecule has 2 aliphatic carbocycles. The number of nitrogens with one attached hydrogen (secondary N) is 1. The van der Waals surface area contributed by atoms with Crippen LogP contribution < -0.4 is 5.32 Å². The Hall–Kier alpha value is -2.62. The average molecular weight is 363 g/mol. The number of hydrogen-bond donors (Lipinski definition) is 2. The van der Waals surface area contributed by atoms with Crippen molar-refractivity contribution in [3.8, 4) is 11.1 Å². The van der Waals surface area contributed by atoms with Gasteiger partial charge in [0.2, 0.25) is 5.91 Å². The first-order valence-corrected chi connectivity index (χ1v) is 9.83. The van der Waals surface area contributed by atoms with Crippen LogP contribution in [0.1, 0.15) is 49.3 Å². The smallest absolute Gasteiger partial charge is 0.306 e. The SMILES string of the molecule is O=C(O)C1CCC(C(=O)NC2CCc3ccc(-c4ccccc4)cc32)CC1. The molecule has 0 spiro atoms. The lowest BCUT2D eigenvalue weighted by atomic mass is 9.81. The van der Waals surface area contributed by atoms with Crippen molar-refractivity contribution in [2.75, 3.05) is 0 Å². The summed E-state index contributed by atoms with van der Waals surface area (Å²) in [5, 5.41) is 12.4. The van der Waals surface area contributed by atoms with E-state index in [1.165, 1.54) is 22.3 Å². The maximum atomic E-state index is 12.7. The lowest BCUT2D eigenvalue weighted by Crippen LogP contribution is -2.36. The Morgan fingerprint density at radius 2 is 1.56 bits per heavy atom. The van der Waals surface area contributed by atoms with Gasteiger partial charge in [0.25, 0.3) is 0 Å². The standard InChI is InChI=1S/C23H25NO3/c25-22(17-7-9-18(10-8-17)23(26)27)24-21-13-12-16-6-11-19(14-20(16)21)15-4-2-1-3-5-15/h1-6,11,14,17-18,21H,7-10,12-13H2,(H,24,25)(H,26,27). The average Bonchev–Trinajstić information content (AvgIpc) is 3.10. The number of carbonyl (C=O) groups is 2. The van der Waals surface area contributed by atoms with Crippen LogP contribution in [0.3, 0.4) is 0 Å². The number of carboxylic acid groups (broad SMARTS) is 1. The number of aryl methyl sites for hydroxylation is 1. The van der Waals surface area contributed by atoms with E-state index in [4.69, 9.17) is 5.11 Å². The summed E-state index contributed by atoms with van der Waals surface area (Å²) >= 11 is 0. The second-order valence-corrected chi connectivity index (χ2v) is 7.77. The summed E-state index contributed by atoms with van der Waals surface area (Å²) in [6, 6.07) is 16.9. The third-order valence-corrected chi connectivity index (χ3v) is 6.09. The zero-order valence-electron chi connectivity index (χ0n) is 15.4. The Labute approximate surface area is 159 Å². The molecule has 1 unspecified atom stereocenters. The molecular weight excluding hydrogens is 338 g/mol. The maximum absolute atomic E-state index is 12.7. The van der Waals surface area contributed by atoms with E-state index in [2.05, 4.69) is 35.6 Å². The van der Waals surface area contributed by atoms with Gasteiger partial charge in [-0.1, -0.05) is 42.5 Å². The minimum Gasteiger partial charge on any atom is -0.481 e. The zero-order valence-corrected chi connectivity index (χ0v) is 15.4. The van der Waals surface area contributed by atoms with Crippen LogP contribution in [0.2, 0.25) is 0 Å². The third kappa shape index (κ3) is 3.75. The molecule has 0 heterocycles. The molecule has 4 heteroatoms. The van der Waals surface area contributed by atoms with Gasteiger partial charge in [0.1, 0.15) is 0 Å². The number of hydrogen-bond acceptors (Lipinski definition) is 2. The number of amides is 1. The second-order valence-electron chi connectivity index (χ2n) is 7.77. The highest BCUT2D eigenvalue weighted by Crippen LogP contribution is 2.36. The number of carboxylic acids is 1. The van der Waals surface area contributed by atoms with Crippen molar-refractivity contribution in [3.63, 3.8) is 0 Å². The van der Waals surface area contributed by atoms with E-state index < -0.39 is 5.97 Å². The summed E-state index contributed by atoms with van der Waals surface area (Å²) in [5.41, 5.74) is 4.90. The third-order valence-electron chi connectivity index (χ3n) is 6.09. The molecule has 2 aromatic rings. The van der Waals surface area contributed by atoms with Crippen molar-refractivity contribution >= 4 is 11.9 Å². The van der Waals surface area contributed by atoms with Crippen LogP contribution in [0.4, 0.5) is 0 Å². The van der Waals surface area contributed by atoms with Crippen molar-refractivity contribution in [2.24, 2.45) is 11.8 Å². The topological polar surface area (TPSA) is 66.4 Å². The molecule has 4 rings (SSSR count). The normalized spacial score (nSPS) is 24.2. The van der Waals surface area contributed by atoms with Gasteiger partial charge in [0, 0.05) is 5.92 Å². The molecule has 1 amide bonds.